The molecule has 3 heteroatoms. The van der Waals surface area contributed by atoms with Gasteiger partial charge in [0.15, 0.2) is 0 Å². The van der Waals surface area contributed by atoms with E-state index < -0.39 is 0 Å². The lowest BCUT2D eigenvalue weighted by Gasteiger charge is -2.09. The van der Waals surface area contributed by atoms with Crippen LogP contribution >= 0.6 is 0 Å². The highest BCUT2D eigenvalue weighted by Gasteiger charge is 2.09. The Morgan fingerprint density at radius 2 is 1.64 bits per heavy atom. The quantitative estimate of drug-likeness (QED) is 0.454. The first-order valence-electron chi connectivity index (χ1n) is 9.37. The fraction of sp³-hybridized carbons (Fsp3) is 0.240. The predicted octanol–water partition coefficient (Wildman–Crippen LogP) is 5.29. The molecule has 1 aromatic rings. The molecule has 0 aliphatic heterocycles. The Morgan fingerprint density at radius 3 is 2.14 bits per heavy atom. The topological polar surface area (TPSA) is 55.1 Å². The second kappa shape index (κ2) is 11.6. The van der Waals surface area contributed by atoms with Crippen molar-refractivity contribution in [3.63, 3.8) is 0 Å². The van der Waals surface area contributed by atoms with Crippen LogP contribution in [0.15, 0.2) is 95.8 Å². The van der Waals surface area contributed by atoms with Gasteiger partial charge in [-0.05, 0) is 56.9 Å². The van der Waals surface area contributed by atoms with E-state index in [1.807, 2.05) is 51.1 Å². The molecule has 3 nitrogen and oxygen atoms in total. The van der Waals surface area contributed by atoms with E-state index in [0.29, 0.717) is 17.8 Å². The number of nitrogens with two attached hydrogens (primary N) is 1. The third-order valence-electron chi connectivity index (χ3n) is 4.44. The Bertz CT molecular complexity index is 826. The predicted molar refractivity (Wildman–Crippen MR) is 121 cm³/mol. The molecular weight excluding hydrogens is 344 g/mol. The first-order valence-corrected chi connectivity index (χ1v) is 9.37. The summed E-state index contributed by atoms with van der Waals surface area (Å²) in [6.07, 6.45) is 10.1. The van der Waals surface area contributed by atoms with Crippen molar-refractivity contribution in [1.82, 2.24) is 5.32 Å². The first kappa shape index (κ1) is 23.0. The molecule has 0 saturated carbocycles. The molecule has 1 rings (SSSR count). The maximum atomic E-state index is 12.5. The second-order valence-corrected chi connectivity index (χ2v) is 6.97. The smallest absolute Gasteiger partial charge is 0.253 e. The number of carbonyl (C=O) groups excluding carboxylic acids is 1. The van der Waals surface area contributed by atoms with Crippen molar-refractivity contribution in [1.29, 1.82) is 0 Å². The fourth-order valence-electron chi connectivity index (χ4n) is 2.40. The lowest BCUT2D eigenvalue weighted by Crippen LogP contribution is -2.25. The van der Waals surface area contributed by atoms with Gasteiger partial charge in [-0.1, -0.05) is 72.9 Å². The maximum absolute atomic E-state index is 12.5. The summed E-state index contributed by atoms with van der Waals surface area (Å²) in [5, 5.41) is 2.94. The van der Waals surface area contributed by atoms with E-state index in [4.69, 9.17) is 5.73 Å². The minimum Gasteiger partial charge on any atom is -0.402 e. The number of allylic oxidation sites excluding steroid dienone is 8. The monoisotopic (exact) mass is 376 g/mol. The molecule has 3 N–H and O–H groups in total. The zero-order chi connectivity index (χ0) is 21.1. The van der Waals surface area contributed by atoms with Crippen molar-refractivity contribution in [3.8, 4) is 0 Å². The molecule has 0 aromatic heterocycles. The minimum absolute atomic E-state index is 0.176. The van der Waals surface area contributed by atoms with Crippen molar-refractivity contribution in [3.05, 3.63) is 107 Å². The van der Waals surface area contributed by atoms with Gasteiger partial charge in [0, 0.05) is 12.2 Å². The fourth-order valence-corrected chi connectivity index (χ4v) is 2.40. The number of rotatable bonds is 9. The van der Waals surface area contributed by atoms with E-state index >= 15 is 0 Å². The van der Waals surface area contributed by atoms with Crippen LogP contribution in [0.3, 0.4) is 0 Å². The van der Waals surface area contributed by atoms with Gasteiger partial charge in [0.05, 0.1) is 5.57 Å². The molecule has 0 bridgehead atoms. The molecule has 0 spiro atoms. The molecule has 0 atom stereocenters. The molecule has 0 heterocycles. The highest BCUT2D eigenvalue weighted by atomic mass is 16.1. The van der Waals surface area contributed by atoms with Crippen LogP contribution in [0.25, 0.3) is 0 Å². The maximum Gasteiger partial charge on any atom is 0.253 e. The van der Waals surface area contributed by atoms with Gasteiger partial charge in [-0.2, -0.15) is 0 Å². The molecule has 1 aromatic carbocycles. The molecule has 0 saturated heterocycles. The zero-order valence-electron chi connectivity index (χ0n) is 17.5. The van der Waals surface area contributed by atoms with Crippen molar-refractivity contribution >= 4 is 5.91 Å². The third kappa shape index (κ3) is 7.67. The van der Waals surface area contributed by atoms with E-state index in [2.05, 4.69) is 30.6 Å². The van der Waals surface area contributed by atoms with Crippen molar-refractivity contribution in [2.24, 2.45) is 5.73 Å². The van der Waals surface area contributed by atoms with Crippen LogP contribution < -0.4 is 11.1 Å². The summed E-state index contributed by atoms with van der Waals surface area (Å²) >= 11 is 0. The molecule has 0 aliphatic carbocycles. The number of nitrogens with one attached hydrogen (secondary N) is 1. The molecular formula is C25H32N2O. The standard InChI is InChI=1S/C25H32N2O/c1-7-9-21(8-2)16-22-11-13-23(14-12-22)17-27-25(28)24(20(6)26)15-10-19(5)18(3)4/h7-15H,1-2,16-17,26H2,3-6H3,(H,27,28)/b15-10-,21-9+,24-20-. The average Bonchev–Trinajstić information content (AvgIpc) is 2.66. The van der Waals surface area contributed by atoms with Crippen LogP contribution in [0.4, 0.5) is 0 Å². The Morgan fingerprint density at radius 1 is 1.04 bits per heavy atom. The summed E-state index contributed by atoms with van der Waals surface area (Å²) in [6, 6.07) is 8.16. The number of hydrogen-bond acceptors (Lipinski definition) is 2. The average molecular weight is 377 g/mol. The number of benzene rings is 1. The van der Waals surface area contributed by atoms with Gasteiger partial charge in [-0.3, -0.25) is 4.79 Å². The van der Waals surface area contributed by atoms with Gasteiger partial charge >= 0.3 is 0 Å². The Hall–Kier alpha value is -3.07. The van der Waals surface area contributed by atoms with Crippen molar-refractivity contribution in [2.45, 2.75) is 40.7 Å². The summed E-state index contributed by atoms with van der Waals surface area (Å²) in [5.74, 6) is -0.176. The summed E-state index contributed by atoms with van der Waals surface area (Å²) in [4.78, 5) is 12.5. The summed E-state index contributed by atoms with van der Waals surface area (Å²) in [6.45, 7) is 15.8. The second-order valence-electron chi connectivity index (χ2n) is 6.97. The minimum atomic E-state index is -0.176. The van der Waals surface area contributed by atoms with Gasteiger partial charge in [0.1, 0.15) is 0 Å². The highest BCUT2D eigenvalue weighted by molar-refractivity contribution is 5.96. The summed E-state index contributed by atoms with van der Waals surface area (Å²) in [5.41, 5.74) is 12.5. The number of hydrogen-bond donors (Lipinski definition) is 2. The van der Waals surface area contributed by atoms with Crippen LogP contribution in [0.5, 0.6) is 0 Å². The van der Waals surface area contributed by atoms with E-state index in [0.717, 1.165) is 23.1 Å². The normalized spacial score (nSPS) is 12.4. The van der Waals surface area contributed by atoms with Crippen LogP contribution in [0.1, 0.15) is 38.8 Å². The Balaban J connectivity index is 2.77. The van der Waals surface area contributed by atoms with Crippen LogP contribution in [-0.4, -0.2) is 5.91 Å². The SMILES string of the molecule is C=C/C=C(\C=C)Cc1ccc(CNC(=O)C(/C=C\C(C)=C(C)C)=C(/C)N)cc1. The van der Waals surface area contributed by atoms with E-state index in [9.17, 15) is 4.79 Å². The molecule has 0 unspecified atom stereocenters. The number of amides is 1. The molecule has 28 heavy (non-hydrogen) atoms. The van der Waals surface area contributed by atoms with Crippen LogP contribution in [0, 0.1) is 0 Å². The van der Waals surface area contributed by atoms with Crippen LogP contribution in [0.2, 0.25) is 0 Å². The lowest BCUT2D eigenvalue weighted by molar-refractivity contribution is -0.117. The van der Waals surface area contributed by atoms with Crippen LogP contribution in [-0.2, 0) is 17.8 Å². The van der Waals surface area contributed by atoms with Gasteiger partial charge in [0.2, 0.25) is 0 Å². The van der Waals surface area contributed by atoms with E-state index in [1.54, 1.807) is 19.1 Å². The lowest BCUT2D eigenvalue weighted by atomic mass is 10.0. The first-order chi connectivity index (χ1) is 13.3. The molecule has 0 aliphatic rings. The number of carbonyl (C=O) groups is 1. The highest BCUT2D eigenvalue weighted by Crippen LogP contribution is 2.12. The van der Waals surface area contributed by atoms with E-state index in [-0.39, 0.29) is 5.91 Å². The summed E-state index contributed by atoms with van der Waals surface area (Å²) in [7, 11) is 0. The van der Waals surface area contributed by atoms with Gasteiger partial charge < -0.3 is 11.1 Å². The van der Waals surface area contributed by atoms with E-state index in [1.165, 1.54) is 11.1 Å². The van der Waals surface area contributed by atoms with Gasteiger partial charge in [-0.25, -0.2) is 0 Å². The van der Waals surface area contributed by atoms with Gasteiger partial charge in [-0.15, -0.1) is 0 Å². The van der Waals surface area contributed by atoms with Crippen molar-refractivity contribution < 1.29 is 4.79 Å². The molecule has 1 amide bonds. The largest absolute Gasteiger partial charge is 0.402 e. The third-order valence-corrected chi connectivity index (χ3v) is 4.44. The summed E-state index contributed by atoms with van der Waals surface area (Å²) < 4.78 is 0. The van der Waals surface area contributed by atoms with Gasteiger partial charge in [0.25, 0.3) is 5.91 Å². The molecule has 0 radical (unpaired) electrons. The molecule has 0 fully saturated rings. The molecule has 148 valence electrons. The zero-order valence-corrected chi connectivity index (χ0v) is 17.5. The Labute approximate surface area is 169 Å². The van der Waals surface area contributed by atoms with Crippen molar-refractivity contribution in [2.75, 3.05) is 0 Å². The Kier molecular flexibility index (Phi) is 9.52.